The molecule has 3 rings (SSSR count). The average molecular weight is 434 g/mol. The summed E-state index contributed by atoms with van der Waals surface area (Å²) in [6.45, 7) is 1.85. The number of nitrogens with one attached hydrogen (secondary N) is 2. The van der Waals surface area contributed by atoms with Crippen molar-refractivity contribution in [2.45, 2.75) is 51.1 Å². The van der Waals surface area contributed by atoms with Crippen molar-refractivity contribution >= 4 is 23.6 Å². The summed E-state index contributed by atoms with van der Waals surface area (Å²) < 4.78 is 28.3. The molecule has 8 nitrogen and oxygen atoms in total. The molecule has 3 atom stereocenters. The number of halogens is 2. The molecule has 10 heteroatoms. The minimum Gasteiger partial charge on any atom is -0.481 e. The number of carboxylic acids is 1. The van der Waals surface area contributed by atoms with E-state index in [0.29, 0.717) is 19.3 Å². The molecule has 2 aromatic rings. The molecule has 1 fully saturated rings. The molecule has 1 aromatic heterocycles. The second kappa shape index (κ2) is 9.67. The van der Waals surface area contributed by atoms with Crippen LogP contribution in [-0.4, -0.2) is 38.5 Å². The normalized spacial score (nSPS) is 18.7. The maximum Gasteiger partial charge on any atom is 0.308 e. The highest BCUT2D eigenvalue weighted by Gasteiger charge is 2.37. The molecule has 1 heterocycles. The molecule has 3 unspecified atom stereocenters. The van der Waals surface area contributed by atoms with Gasteiger partial charge < -0.3 is 20.3 Å². The van der Waals surface area contributed by atoms with Crippen LogP contribution in [0.5, 0.6) is 0 Å². The molecule has 1 aliphatic rings. The minimum absolute atomic E-state index is 0.165. The molecule has 0 saturated heterocycles. The topological polar surface area (TPSA) is 113 Å². The number of carbonyl (C=O) groups is 3. The van der Waals surface area contributed by atoms with Gasteiger partial charge in [0.2, 0.25) is 11.8 Å². The van der Waals surface area contributed by atoms with Gasteiger partial charge >= 0.3 is 5.97 Å². The van der Waals surface area contributed by atoms with Crippen LogP contribution in [0.15, 0.2) is 30.7 Å². The first-order chi connectivity index (χ1) is 14.8. The number of aromatic nitrogens is 2. The highest BCUT2D eigenvalue weighted by molar-refractivity contribution is 5.96. The molecule has 1 aromatic carbocycles. The van der Waals surface area contributed by atoms with Crippen molar-refractivity contribution < 1.29 is 28.3 Å². The van der Waals surface area contributed by atoms with E-state index < -0.39 is 41.4 Å². The van der Waals surface area contributed by atoms with Crippen LogP contribution >= 0.6 is 0 Å². The summed E-state index contributed by atoms with van der Waals surface area (Å²) >= 11 is 0. The van der Waals surface area contributed by atoms with Gasteiger partial charge in [0.25, 0.3) is 0 Å². The van der Waals surface area contributed by atoms with Crippen LogP contribution in [0.25, 0.3) is 0 Å². The Kier molecular flexibility index (Phi) is 6.98. The summed E-state index contributed by atoms with van der Waals surface area (Å²) in [7, 11) is 0. The van der Waals surface area contributed by atoms with Gasteiger partial charge in [-0.2, -0.15) is 0 Å². The zero-order valence-electron chi connectivity index (χ0n) is 17.0. The Bertz CT molecular complexity index is 958. The number of hydrogen-bond acceptors (Lipinski definition) is 4. The largest absolute Gasteiger partial charge is 0.481 e. The summed E-state index contributed by atoms with van der Waals surface area (Å²) in [6, 6.07) is 1.80. The fourth-order valence-corrected chi connectivity index (χ4v) is 3.62. The molecular formula is C21H24F2N4O4. The Hall–Kier alpha value is -3.30. The maximum atomic E-state index is 13.3. The first-order valence-corrected chi connectivity index (χ1v) is 10.1. The van der Waals surface area contributed by atoms with Gasteiger partial charge in [-0.3, -0.25) is 14.4 Å². The van der Waals surface area contributed by atoms with Crippen molar-refractivity contribution in [2.75, 3.05) is 5.32 Å². The summed E-state index contributed by atoms with van der Waals surface area (Å²) in [5.41, 5.74) is 0.165. The number of rotatable bonds is 9. The Morgan fingerprint density at radius 2 is 1.94 bits per heavy atom. The van der Waals surface area contributed by atoms with E-state index in [1.54, 1.807) is 10.8 Å². The molecule has 166 valence electrons. The summed E-state index contributed by atoms with van der Waals surface area (Å²) in [5, 5.41) is 14.4. The monoisotopic (exact) mass is 434 g/mol. The van der Waals surface area contributed by atoms with Gasteiger partial charge in [-0.15, -0.1) is 0 Å². The lowest BCUT2D eigenvalue weighted by Crippen LogP contribution is -2.44. The number of anilines is 1. The van der Waals surface area contributed by atoms with Crippen LogP contribution in [0.2, 0.25) is 0 Å². The van der Waals surface area contributed by atoms with E-state index in [-0.39, 0.29) is 23.8 Å². The second-order valence-electron chi connectivity index (χ2n) is 7.65. The number of aliphatic carboxylic acids is 1. The smallest absolute Gasteiger partial charge is 0.308 e. The maximum absolute atomic E-state index is 13.3. The van der Waals surface area contributed by atoms with Crippen molar-refractivity contribution in [1.29, 1.82) is 0 Å². The molecular weight excluding hydrogens is 410 g/mol. The Morgan fingerprint density at radius 1 is 1.23 bits per heavy atom. The van der Waals surface area contributed by atoms with Crippen molar-refractivity contribution in [1.82, 2.24) is 14.9 Å². The van der Waals surface area contributed by atoms with E-state index in [9.17, 15) is 28.3 Å². The minimum atomic E-state index is -0.862. The Labute approximate surface area is 177 Å². The SMILES string of the molecule is CCCC(NC(=O)Cc1cc(F)cc(F)c1)C(=O)Nc1cn(C2CCC2C(=O)O)cn1. The third kappa shape index (κ3) is 5.65. The number of carboxylic acid groups (broad SMARTS) is 1. The van der Waals surface area contributed by atoms with Crippen molar-refractivity contribution in [3.8, 4) is 0 Å². The zero-order valence-corrected chi connectivity index (χ0v) is 17.0. The summed E-state index contributed by atoms with van der Waals surface area (Å²) in [6.07, 6.45) is 5.06. The molecule has 31 heavy (non-hydrogen) atoms. The first kappa shape index (κ1) is 22.4. The molecule has 1 aliphatic carbocycles. The first-order valence-electron chi connectivity index (χ1n) is 10.1. The fourth-order valence-electron chi connectivity index (χ4n) is 3.62. The fraction of sp³-hybridized carbons (Fsp3) is 0.429. The highest BCUT2D eigenvalue weighted by Crippen LogP contribution is 2.38. The lowest BCUT2D eigenvalue weighted by atomic mass is 9.79. The third-order valence-corrected chi connectivity index (χ3v) is 5.31. The van der Waals surface area contributed by atoms with Crippen molar-refractivity contribution in [3.05, 3.63) is 47.9 Å². The van der Waals surface area contributed by atoms with Crippen LogP contribution in [0.1, 0.15) is 44.2 Å². The van der Waals surface area contributed by atoms with Gasteiger partial charge in [0, 0.05) is 18.3 Å². The van der Waals surface area contributed by atoms with E-state index in [4.69, 9.17) is 0 Å². The number of amides is 2. The number of nitrogens with zero attached hydrogens (tertiary/aromatic N) is 2. The van der Waals surface area contributed by atoms with Crippen LogP contribution in [0.4, 0.5) is 14.6 Å². The lowest BCUT2D eigenvalue weighted by molar-refractivity contribution is -0.147. The molecule has 1 saturated carbocycles. The van der Waals surface area contributed by atoms with E-state index in [2.05, 4.69) is 15.6 Å². The Morgan fingerprint density at radius 3 is 2.52 bits per heavy atom. The molecule has 0 bridgehead atoms. The number of benzene rings is 1. The lowest BCUT2D eigenvalue weighted by Gasteiger charge is -2.34. The molecule has 0 aliphatic heterocycles. The Balaban J connectivity index is 1.60. The van der Waals surface area contributed by atoms with E-state index in [0.717, 1.165) is 24.6 Å². The summed E-state index contributed by atoms with van der Waals surface area (Å²) in [5.74, 6) is -3.66. The van der Waals surface area contributed by atoms with Crippen LogP contribution in [0, 0.1) is 17.6 Å². The predicted octanol–water partition coefficient (Wildman–Crippen LogP) is 2.66. The summed E-state index contributed by atoms with van der Waals surface area (Å²) in [4.78, 5) is 40.3. The molecule has 2 amide bonds. The second-order valence-corrected chi connectivity index (χ2v) is 7.65. The molecule has 3 N–H and O–H groups in total. The van der Waals surface area contributed by atoms with Gasteiger partial charge in [-0.1, -0.05) is 13.3 Å². The zero-order chi connectivity index (χ0) is 22.5. The van der Waals surface area contributed by atoms with E-state index in [1.165, 1.54) is 6.33 Å². The van der Waals surface area contributed by atoms with E-state index >= 15 is 0 Å². The van der Waals surface area contributed by atoms with Crippen LogP contribution in [0.3, 0.4) is 0 Å². The predicted molar refractivity (Wildman–Crippen MR) is 107 cm³/mol. The number of imidazole rings is 1. The van der Waals surface area contributed by atoms with Gasteiger partial charge in [0.05, 0.1) is 18.7 Å². The van der Waals surface area contributed by atoms with Crippen molar-refractivity contribution in [2.24, 2.45) is 5.92 Å². The molecule has 0 spiro atoms. The van der Waals surface area contributed by atoms with Gasteiger partial charge in [0.15, 0.2) is 5.82 Å². The average Bonchev–Trinajstić information content (AvgIpc) is 3.06. The van der Waals surface area contributed by atoms with Gasteiger partial charge in [-0.25, -0.2) is 13.8 Å². The van der Waals surface area contributed by atoms with Crippen molar-refractivity contribution in [3.63, 3.8) is 0 Å². The van der Waals surface area contributed by atoms with Gasteiger partial charge in [0.1, 0.15) is 17.7 Å². The van der Waals surface area contributed by atoms with Crippen LogP contribution < -0.4 is 10.6 Å². The van der Waals surface area contributed by atoms with Gasteiger partial charge in [-0.05, 0) is 37.0 Å². The number of hydrogen-bond donors (Lipinski definition) is 3. The standard InChI is InChI=1S/C21H24F2N4O4/c1-2-3-16(25-19(28)8-12-6-13(22)9-14(23)7-12)20(29)26-18-10-27(11-24-18)17-5-4-15(17)21(30)31/h6-7,9-11,15-17H,2-5,8H2,1H3,(H,25,28)(H,26,29)(H,30,31). The van der Waals surface area contributed by atoms with Crippen LogP contribution in [-0.2, 0) is 20.8 Å². The third-order valence-electron chi connectivity index (χ3n) is 5.31. The highest BCUT2D eigenvalue weighted by atomic mass is 19.1. The van der Waals surface area contributed by atoms with E-state index in [1.807, 2.05) is 6.92 Å². The number of carbonyl (C=O) groups excluding carboxylic acids is 2. The quantitative estimate of drug-likeness (QED) is 0.562. The molecule has 0 radical (unpaired) electrons.